The van der Waals surface area contributed by atoms with Crippen LogP contribution in [0.5, 0.6) is 0 Å². The minimum Gasteiger partial charge on any atom is -0.352 e. The molecule has 1 saturated heterocycles. The summed E-state index contributed by atoms with van der Waals surface area (Å²) in [6.45, 7) is 4.66. The zero-order valence-corrected chi connectivity index (χ0v) is 19.9. The van der Waals surface area contributed by atoms with Crippen molar-refractivity contribution in [2.45, 2.75) is 31.7 Å². The van der Waals surface area contributed by atoms with E-state index < -0.39 is 17.5 Å². The van der Waals surface area contributed by atoms with Crippen molar-refractivity contribution in [2.75, 3.05) is 13.1 Å². The SMILES string of the molecule is Cc1c[nH]c(=O)n(C2CN(C(c3ccccc3)(c3ccccc3)c3ccccc3)CC(C)O2)c1=O. The Bertz CT molecular complexity index is 1300. The van der Waals surface area contributed by atoms with Crippen LogP contribution >= 0.6 is 0 Å². The second-order valence-corrected chi connectivity index (χ2v) is 9.07. The van der Waals surface area contributed by atoms with Crippen LogP contribution in [0.3, 0.4) is 0 Å². The summed E-state index contributed by atoms with van der Waals surface area (Å²) in [6, 6.07) is 31.2. The molecule has 35 heavy (non-hydrogen) atoms. The highest BCUT2D eigenvalue weighted by molar-refractivity contribution is 5.49. The van der Waals surface area contributed by atoms with Gasteiger partial charge < -0.3 is 9.72 Å². The third-order valence-corrected chi connectivity index (χ3v) is 6.77. The van der Waals surface area contributed by atoms with Gasteiger partial charge in [0.25, 0.3) is 5.56 Å². The van der Waals surface area contributed by atoms with Gasteiger partial charge >= 0.3 is 5.69 Å². The molecule has 4 aromatic rings. The molecule has 2 unspecified atom stereocenters. The first kappa shape index (κ1) is 23.0. The number of aromatic nitrogens is 2. The van der Waals surface area contributed by atoms with Crippen molar-refractivity contribution in [1.82, 2.24) is 14.5 Å². The minimum atomic E-state index is -0.731. The summed E-state index contributed by atoms with van der Waals surface area (Å²) in [6.07, 6.45) is 0.509. The summed E-state index contributed by atoms with van der Waals surface area (Å²) >= 11 is 0. The van der Waals surface area contributed by atoms with Gasteiger partial charge in [0.2, 0.25) is 0 Å². The van der Waals surface area contributed by atoms with E-state index in [1.54, 1.807) is 6.92 Å². The van der Waals surface area contributed by atoms with Crippen LogP contribution in [0.2, 0.25) is 0 Å². The summed E-state index contributed by atoms with van der Waals surface area (Å²) in [5.41, 5.74) is 2.34. The van der Waals surface area contributed by atoms with Crippen molar-refractivity contribution in [3.8, 4) is 0 Å². The molecule has 1 aliphatic heterocycles. The van der Waals surface area contributed by atoms with Gasteiger partial charge in [-0.2, -0.15) is 0 Å². The first-order valence-electron chi connectivity index (χ1n) is 11.9. The summed E-state index contributed by atoms with van der Waals surface area (Å²) < 4.78 is 7.44. The molecule has 178 valence electrons. The summed E-state index contributed by atoms with van der Waals surface area (Å²) in [5.74, 6) is 0. The van der Waals surface area contributed by atoms with E-state index >= 15 is 0 Å². The molecule has 0 bridgehead atoms. The maximum absolute atomic E-state index is 13.0. The van der Waals surface area contributed by atoms with Gasteiger partial charge in [0.05, 0.1) is 11.6 Å². The molecule has 1 aromatic heterocycles. The fraction of sp³-hybridized carbons (Fsp3) is 0.241. The summed E-state index contributed by atoms with van der Waals surface area (Å²) in [7, 11) is 0. The highest BCUT2D eigenvalue weighted by atomic mass is 16.5. The molecule has 6 nitrogen and oxygen atoms in total. The lowest BCUT2D eigenvalue weighted by Gasteiger charge is -2.50. The lowest BCUT2D eigenvalue weighted by molar-refractivity contribution is -0.133. The Morgan fingerprint density at radius 2 is 1.29 bits per heavy atom. The molecule has 2 heterocycles. The molecular formula is C29H29N3O3. The number of H-pyrrole nitrogens is 1. The van der Waals surface area contributed by atoms with E-state index in [4.69, 9.17) is 4.74 Å². The van der Waals surface area contributed by atoms with E-state index in [-0.39, 0.29) is 11.7 Å². The van der Waals surface area contributed by atoms with E-state index in [1.165, 1.54) is 10.8 Å². The zero-order chi connectivity index (χ0) is 24.4. The van der Waals surface area contributed by atoms with Crippen molar-refractivity contribution in [2.24, 2.45) is 0 Å². The lowest BCUT2D eigenvalue weighted by Crippen LogP contribution is -2.58. The first-order chi connectivity index (χ1) is 17.0. The summed E-state index contributed by atoms with van der Waals surface area (Å²) in [4.78, 5) is 30.8. The van der Waals surface area contributed by atoms with E-state index in [2.05, 4.69) is 46.3 Å². The second-order valence-electron chi connectivity index (χ2n) is 9.07. The molecular weight excluding hydrogens is 438 g/mol. The molecule has 0 spiro atoms. The van der Waals surface area contributed by atoms with E-state index in [0.717, 1.165) is 16.7 Å². The van der Waals surface area contributed by atoms with Crippen molar-refractivity contribution < 1.29 is 4.74 Å². The van der Waals surface area contributed by atoms with Crippen LogP contribution in [0.15, 0.2) is 107 Å². The fourth-order valence-electron chi connectivity index (χ4n) is 5.27. The maximum Gasteiger partial charge on any atom is 0.330 e. The first-order valence-corrected chi connectivity index (χ1v) is 11.9. The molecule has 1 aliphatic rings. The van der Waals surface area contributed by atoms with Gasteiger partial charge in [-0.3, -0.25) is 9.69 Å². The monoisotopic (exact) mass is 467 g/mol. The average molecular weight is 468 g/mol. The molecule has 0 radical (unpaired) electrons. The standard InChI is InChI=1S/C29H29N3O3/c1-21-18-30-28(34)32(27(21)33)26-20-31(19-22(2)35-26)29(23-12-6-3-7-13-23,24-14-8-4-9-15-24)25-16-10-5-11-17-25/h3-18,22,26H,19-20H2,1-2H3,(H,30,34). The van der Waals surface area contributed by atoms with Crippen LogP contribution in [0.25, 0.3) is 0 Å². The van der Waals surface area contributed by atoms with Crippen LogP contribution in [0, 0.1) is 6.92 Å². The largest absolute Gasteiger partial charge is 0.352 e. The normalized spacial score (nSPS) is 18.9. The number of ether oxygens (including phenoxy) is 1. The van der Waals surface area contributed by atoms with Crippen molar-refractivity contribution in [3.05, 3.63) is 140 Å². The Morgan fingerprint density at radius 3 is 1.77 bits per heavy atom. The van der Waals surface area contributed by atoms with Gasteiger partial charge in [0.15, 0.2) is 6.23 Å². The molecule has 2 atom stereocenters. The number of rotatable bonds is 5. The predicted molar refractivity (Wildman–Crippen MR) is 136 cm³/mol. The molecule has 0 aliphatic carbocycles. The average Bonchev–Trinajstić information content (AvgIpc) is 2.89. The Balaban J connectivity index is 1.75. The summed E-state index contributed by atoms with van der Waals surface area (Å²) in [5, 5.41) is 0. The number of hydrogen-bond acceptors (Lipinski definition) is 4. The minimum absolute atomic E-state index is 0.212. The van der Waals surface area contributed by atoms with Crippen LogP contribution in [0.1, 0.15) is 35.4 Å². The topological polar surface area (TPSA) is 67.3 Å². The number of aromatic amines is 1. The fourth-order valence-corrected chi connectivity index (χ4v) is 5.27. The molecule has 1 fully saturated rings. The Morgan fingerprint density at radius 1 is 0.800 bits per heavy atom. The molecule has 5 rings (SSSR count). The molecule has 1 N–H and O–H groups in total. The smallest absolute Gasteiger partial charge is 0.330 e. The Labute approximate surface area is 204 Å². The quantitative estimate of drug-likeness (QED) is 0.450. The predicted octanol–water partition coefficient (Wildman–Crippen LogP) is 4.06. The second kappa shape index (κ2) is 9.49. The van der Waals surface area contributed by atoms with Gasteiger partial charge in [-0.05, 0) is 30.5 Å². The van der Waals surface area contributed by atoms with E-state index in [0.29, 0.717) is 18.7 Å². The van der Waals surface area contributed by atoms with Crippen LogP contribution in [0.4, 0.5) is 0 Å². The van der Waals surface area contributed by atoms with Crippen LogP contribution in [-0.4, -0.2) is 33.6 Å². The van der Waals surface area contributed by atoms with Crippen molar-refractivity contribution >= 4 is 0 Å². The number of benzene rings is 3. The van der Waals surface area contributed by atoms with E-state index in [1.807, 2.05) is 61.5 Å². The van der Waals surface area contributed by atoms with Crippen molar-refractivity contribution in [3.63, 3.8) is 0 Å². The number of hydrogen-bond donors (Lipinski definition) is 1. The zero-order valence-electron chi connectivity index (χ0n) is 19.9. The Hall–Kier alpha value is -3.74. The van der Waals surface area contributed by atoms with Crippen molar-refractivity contribution in [1.29, 1.82) is 0 Å². The maximum atomic E-state index is 13.0. The molecule has 0 saturated carbocycles. The van der Waals surface area contributed by atoms with Gasteiger partial charge in [-0.15, -0.1) is 0 Å². The van der Waals surface area contributed by atoms with E-state index in [9.17, 15) is 9.59 Å². The van der Waals surface area contributed by atoms with Gasteiger partial charge in [0.1, 0.15) is 0 Å². The Kier molecular flexibility index (Phi) is 6.24. The van der Waals surface area contributed by atoms with Crippen LogP contribution in [-0.2, 0) is 10.3 Å². The number of nitrogens with zero attached hydrogens (tertiary/aromatic N) is 2. The lowest BCUT2D eigenvalue weighted by atomic mass is 9.75. The molecule has 0 amide bonds. The third kappa shape index (κ3) is 4.05. The molecule has 6 heteroatoms. The number of nitrogens with one attached hydrogen (secondary N) is 1. The molecule has 3 aromatic carbocycles. The van der Waals surface area contributed by atoms with Gasteiger partial charge in [0, 0.05) is 24.8 Å². The number of morpholine rings is 1. The highest BCUT2D eigenvalue weighted by Crippen LogP contribution is 2.44. The van der Waals surface area contributed by atoms with Gasteiger partial charge in [-0.1, -0.05) is 91.0 Å². The van der Waals surface area contributed by atoms with Gasteiger partial charge in [-0.25, -0.2) is 9.36 Å². The third-order valence-electron chi connectivity index (χ3n) is 6.77. The van der Waals surface area contributed by atoms with Crippen LogP contribution < -0.4 is 11.2 Å². The number of aryl methyl sites for hydroxylation is 1. The highest BCUT2D eigenvalue weighted by Gasteiger charge is 2.46.